The van der Waals surface area contributed by atoms with E-state index in [1.165, 1.54) is 24.1 Å². The van der Waals surface area contributed by atoms with E-state index in [2.05, 4.69) is 55.0 Å². The highest BCUT2D eigenvalue weighted by atomic mass is 15.3. The van der Waals surface area contributed by atoms with Crippen LogP contribution in [0.5, 0.6) is 0 Å². The van der Waals surface area contributed by atoms with Crippen molar-refractivity contribution in [1.82, 2.24) is 15.1 Å². The molecule has 0 saturated heterocycles. The second-order valence-corrected chi connectivity index (χ2v) is 6.05. The molecule has 0 spiro atoms. The zero-order valence-corrected chi connectivity index (χ0v) is 12.6. The molecule has 1 aliphatic carbocycles. The molecule has 1 saturated carbocycles. The van der Waals surface area contributed by atoms with Crippen LogP contribution < -0.4 is 5.32 Å². The maximum Gasteiger partial charge on any atom is 0.0648 e. The van der Waals surface area contributed by atoms with Crippen LogP contribution in [0.2, 0.25) is 0 Å². The summed E-state index contributed by atoms with van der Waals surface area (Å²) in [5, 5.41) is 8.35. The molecule has 3 heteroatoms. The van der Waals surface area contributed by atoms with Crippen molar-refractivity contribution in [3.05, 3.63) is 47.3 Å². The molecule has 1 N–H and O–H groups in total. The van der Waals surface area contributed by atoms with Crippen molar-refractivity contribution in [2.24, 2.45) is 5.92 Å². The number of hydrogen-bond donors (Lipinski definition) is 1. The highest BCUT2D eigenvalue weighted by molar-refractivity contribution is 5.36. The molecule has 1 fully saturated rings. The molecule has 0 atom stereocenters. The number of benzene rings is 1. The zero-order valence-electron chi connectivity index (χ0n) is 12.6. The van der Waals surface area contributed by atoms with Gasteiger partial charge in [0.25, 0.3) is 0 Å². The lowest BCUT2D eigenvalue weighted by Crippen LogP contribution is -2.39. The quantitative estimate of drug-likeness (QED) is 0.922. The van der Waals surface area contributed by atoms with Crippen LogP contribution >= 0.6 is 0 Å². The first-order valence-corrected chi connectivity index (χ1v) is 7.49. The number of hydrogen-bond acceptors (Lipinski definition) is 2. The summed E-state index contributed by atoms with van der Waals surface area (Å²) in [7, 11) is 0. The summed E-state index contributed by atoms with van der Waals surface area (Å²) >= 11 is 0. The van der Waals surface area contributed by atoms with Crippen LogP contribution in [0.4, 0.5) is 0 Å². The van der Waals surface area contributed by atoms with Crippen LogP contribution in [-0.2, 0) is 6.54 Å². The predicted octanol–water partition coefficient (Wildman–Crippen LogP) is 3.38. The summed E-state index contributed by atoms with van der Waals surface area (Å²) in [5.41, 5.74) is 4.85. The number of nitrogens with one attached hydrogen (secondary N) is 1. The van der Waals surface area contributed by atoms with E-state index in [9.17, 15) is 0 Å². The number of aryl methyl sites for hydroxylation is 1. The normalized spacial score (nSPS) is 21.8. The van der Waals surface area contributed by atoms with Crippen LogP contribution in [0.15, 0.2) is 30.3 Å². The molecule has 3 nitrogen and oxygen atoms in total. The van der Waals surface area contributed by atoms with E-state index in [1.807, 2.05) is 6.07 Å². The fourth-order valence-corrected chi connectivity index (χ4v) is 3.07. The van der Waals surface area contributed by atoms with Crippen molar-refractivity contribution < 1.29 is 0 Å². The fourth-order valence-electron chi connectivity index (χ4n) is 3.07. The molecular weight excluding hydrogens is 246 g/mol. The van der Waals surface area contributed by atoms with Gasteiger partial charge in [0, 0.05) is 23.8 Å². The molecule has 1 aliphatic rings. The molecule has 0 bridgehead atoms. The Hall–Kier alpha value is -1.61. The third kappa shape index (κ3) is 2.50. The number of nitrogens with zero attached hydrogens (tertiary/aromatic N) is 2. The van der Waals surface area contributed by atoms with Gasteiger partial charge in [0.15, 0.2) is 0 Å². The molecule has 0 aliphatic heterocycles. The van der Waals surface area contributed by atoms with E-state index < -0.39 is 0 Å². The smallest absolute Gasteiger partial charge is 0.0648 e. The van der Waals surface area contributed by atoms with Gasteiger partial charge in [-0.2, -0.15) is 5.10 Å². The zero-order chi connectivity index (χ0) is 14.1. The van der Waals surface area contributed by atoms with Gasteiger partial charge in [-0.1, -0.05) is 25.1 Å². The van der Waals surface area contributed by atoms with E-state index in [0.29, 0.717) is 6.04 Å². The first-order valence-electron chi connectivity index (χ1n) is 7.49. The molecule has 3 rings (SSSR count). The Labute approximate surface area is 121 Å². The number of para-hydroxylation sites is 1. The largest absolute Gasteiger partial charge is 0.310 e. The fraction of sp³-hybridized carbons (Fsp3) is 0.471. The maximum absolute atomic E-state index is 4.69. The first kappa shape index (κ1) is 13.4. The van der Waals surface area contributed by atoms with E-state index >= 15 is 0 Å². The van der Waals surface area contributed by atoms with Crippen molar-refractivity contribution >= 4 is 0 Å². The maximum atomic E-state index is 4.69. The summed E-state index contributed by atoms with van der Waals surface area (Å²) in [6.45, 7) is 7.52. The van der Waals surface area contributed by atoms with E-state index in [0.717, 1.165) is 23.8 Å². The highest BCUT2D eigenvalue weighted by Gasteiger charge is 2.25. The minimum Gasteiger partial charge on any atom is -0.310 e. The Balaban J connectivity index is 1.77. The van der Waals surface area contributed by atoms with Gasteiger partial charge in [-0.3, -0.25) is 0 Å². The lowest BCUT2D eigenvalue weighted by atomic mass is 9.82. The number of rotatable bonds is 4. The summed E-state index contributed by atoms with van der Waals surface area (Å²) in [6, 6.07) is 11.0. The summed E-state index contributed by atoms with van der Waals surface area (Å²) < 4.78 is 2.05. The van der Waals surface area contributed by atoms with Crippen molar-refractivity contribution in [3.63, 3.8) is 0 Å². The van der Waals surface area contributed by atoms with E-state index in [-0.39, 0.29) is 0 Å². The Bertz CT molecular complexity index is 580. The van der Waals surface area contributed by atoms with Crippen LogP contribution in [-0.4, -0.2) is 15.8 Å². The summed E-state index contributed by atoms with van der Waals surface area (Å²) in [4.78, 5) is 0. The molecule has 2 aromatic rings. The third-order valence-corrected chi connectivity index (χ3v) is 4.38. The lowest BCUT2D eigenvalue weighted by Gasteiger charge is -2.33. The van der Waals surface area contributed by atoms with E-state index in [4.69, 9.17) is 5.10 Å². The highest BCUT2D eigenvalue weighted by Crippen LogP contribution is 2.27. The molecular formula is C17H23N3. The minimum absolute atomic E-state index is 0.698. The molecule has 20 heavy (non-hydrogen) atoms. The van der Waals surface area contributed by atoms with Gasteiger partial charge in [0.2, 0.25) is 0 Å². The molecule has 1 heterocycles. The van der Waals surface area contributed by atoms with Crippen molar-refractivity contribution in [1.29, 1.82) is 0 Å². The van der Waals surface area contributed by atoms with Gasteiger partial charge in [0.1, 0.15) is 0 Å². The standard InChI is InChI=1S/C17H23N3/c1-12-9-15(10-12)18-11-17-13(2)19-20(14(17)3)16-7-5-4-6-8-16/h4-8,12,15,18H,9-11H2,1-3H3. The topological polar surface area (TPSA) is 29.9 Å². The van der Waals surface area contributed by atoms with E-state index in [1.54, 1.807) is 0 Å². The van der Waals surface area contributed by atoms with Crippen molar-refractivity contribution in [2.45, 2.75) is 46.2 Å². The molecule has 0 unspecified atom stereocenters. The van der Waals surface area contributed by atoms with Gasteiger partial charge >= 0.3 is 0 Å². The predicted molar refractivity (Wildman–Crippen MR) is 82.1 cm³/mol. The average molecular weight is 269 g/mol. The molecule has 0 radical (unpaired) electrons. The monoisotopic (exact) mass is 269 g/mol. The Morgan fingerprint density at radius 3 is 2.55 bits per heavy atom. The van der Waals surface area contributed by atoms with Gasteiger partial charge in [-0.25, -0.2) is 4.68 Å². The molecule has 106 valence electrons. The Kier molecular flexibility index (Phi) is 3.62. The van der Waals surface area contributed by atoms with Crippen molar-refractivity contribution in [3.8, 4) is 5.69 Å². The van der Waals surface area contributed by atoms with Crippen LogP contribution in [0.25, 0.3) is 5.69 Å². The average Bonchev–Trinajstić information content (AvgIpc) is 2.70. The van der Waals surface area contributed by atoms with Crippen LogP contribution in [0.3, 0.4) is 0 Å². The lowest BCUT2D eigenvalue weighted by molar-refractivity contribution is 0.240. The third-order valence-electron chi connectivity index (χ3n) is 4.38. The first-order chi connectivity index (χ1) is 9.65. The number of aromatic nitrogens is 2. The second kappa shape index (κ2) is 5.41. The minimum atomic E-state index is 0.698. The van der Waals surface area contributed by atoms with Crippen LogP contribution in [0, 0.1) is 19.8 Å². The van der Waals surface area contributed by atoms with Gasteiger partial charge in [-0.05, 0) is 44.7 Å². The molecule has 1 aromatic carbocycles. The summed E-state index contributed by atoms with van der Waals surface area (Å²) in [6.07, 6.45) is 2.62. The Morgan fingerprint density at radius 2 is 1.90 bits per heavy atom. The molecule has 1 aromatic heterocycles. The van der Waals surface area contributed by atoms with Gasteiger partial charge < -0.3 is 5.32 Å². The van der Waals surface area contributed by atoms with Gasteiger partial charge in [-0.15, -0.1) is 0 Å². The van der Waals surface area contributed by atoms with Gasteiger partial charge in [0.05, 0.1) is 11.4 Å². The SMILES string of the molecule is Cc1nn(-c2ccccc2)c(C)c1CNC1CC(C)C1. The van der Waals surface area contributed by atoms with Crippen LogP contribution in [0.1, 0.15) is 36.7 Å². The Morgan fingerprint density at radius 1 is 1.20 bits per heavy atom. The summed E-state index contributed by atoms with van der Waals surface area (Å²) in [5.74, 6) is 0.890. The second-order valence-electron chi connectivity index (χ2n) is 6.05. The van der Waals surface area contributed by atoms with Crippen molar-refractivity contribution in [2.75, 3.05) is 0 Å². The molecule has 0 amide bonds.